The van der Waals surface area contributed by atoms with E-state index >= 15 is 0 Å². The van der Waals surface area contributed by atoms with Crippen LogP contribution in [0.3, 0.4) is 0 Å². The van der Waals surface area contributed by atoms with Gasteiger partial charge >= 0.3 is 0 Å². The van der Waals surface area contributed by atoms with Crippen molar-refractivity contribution >= 4 is 33.4 Å². The summed E-state index contributed by atoms with van der Waals surface area (Å²) in [5, 5.41) is 0.977. The first-order valence-corrected chi connectivity index (χ1v) is 7.07. The maximum Gasteiger partial charge on any atom is 0.119 e. The van der Waals surface area contributed by atoms with E-state index in [0.29, 0.717) is 0 Å². The van der Waals surface area contributed by atoms with Gasteiger partial charge in [-0.05, 0) is 40.8 Å². The number of thioether (sulfide) groups is 1. The summed E-state index contributed by atoms with van der Waals surface area (Å²) in [6, 6.07) is 1.92. The van der Waals surface area contributed by atoms with E-state index in [1.807, 2.05) is 12.3 Å². The fourth-order valence-corrected chi connectivity index (χ4v) is 3.37. The number of nitrogens with zero attached hydrogens (tertiary/aromatic N) is 1. The van der Waals surface area contributed by atoms with Crippen LogP contribution < -0.4 is 5.73 Å². The fraction of sp³-hybridized carbons (Fsp3) is 0.545. The van der Waals surface area contributed by atoms with Crippen LogP contribution in [-0.4, -0.2) is 10.7 Å². The molecule has 0 aromatic carbocycles. The zero-order valence-electron chi connectivity index (χ0n) is 8.58. The van der Waals surface area contributed by atoms with Crippen molar-refractivity contribution < 1.29 is 0 Å². The molecule has 82 valence electrons. The van der Waals surface area contributed by atoms with Crippen molar-refractivity contribution in [2.75, 3.05) is 11.5 Å². The van der Waals surface area contributed by atoms with E-state index in [9.17, 15) is 0 Å². The van der Waals surface area contributed by atoms with Gasteiger partial charge in [-0.25, -0.2) is 4.98 Å². The average molecular weight is 287 g/mol. The third kappa shape index (κ3) is 3.11. The molecule has 0 saturated heterocycles. The minimum absolute atomic E-state index is 0.785. The molecule has 2 nitrogen and oxygen atoms in total. The summed E-state index contributed by atoms with van der Waals surface area (Å²) in [4.78, 5) is 4.33. The highest BCUT2D eigenvalue weighted by Gasteiger charge is 2.15. The maximum absolute atomic E-state index is 5.89. The van der Waals surface area contributed by atoms with Crippen LogP contribution in [0.2, 0.25) is 0 Å². The highest BCUT2D eigenvalue weighted by Crippen LogP contribution is 2.32. The molecule has 1 saturated carbocycles. The van der Waals surface area contributed by atoms with Crippen molar-refractivity contribution in [3.63, 3.8) is 0 Å². The number of halogens is 1. The van der Waals surface area contributed by atoms with Gasteiger partial charge in [0.05, 0.1) is 5.69 Å². The Hall–Kier alpha value is -0.220. The molecule has 0 amide bonds. The predicted octanol–water partition coefficient (Wildman–Crippen LogP) is 3.71. The van der Waals surface area contributed by atoms with Crippen LogP contribution in [0.1, 0.15) is 25.7 Å². The Morgan fingerprint density at radius 2 is 2.20 bits per heavy atom. The van der Waals surface area contributed by atoms with Crippen LogP contribution in [0.5, 0.6) is 0 Å². The van der Waals surface area contributed by atoms with E-state index in [-0.39, 0.29) is 0 Å². The van der Waals surface area contributed by atoms with E-state index in [4.69, 9.17) is 5.73 Å². The molecule has 0 radical (unpaired) electrons. The molecule has 0 aliphatic heterocycles. The van der Waals surface area contributed by atoms with Crippen LogP contribution in [0, 0.1) is 5.92 Å². The zero-order chi connectivity index (χ0) is 10.7. The number of pyridine rings is 1. The van der Waals surface area contributed by atoms with Crippen molar-refractivity contribution in [1.29, 1.82) is 0 Å². The van der Waals surface area contributed by atoms with Crippen LogP contribution in [0.25, 0.3) is 0 Å². The van der Waals surface area contributed by atoms with Gasteiger partial charge in [0.25, 0.3) is 0 Å². The third-order valence-corrected chi connectivity index (χ3v) is 4.46. The number of nitrogens with two attached hydrogens (primary N) is 1. The summed E-state index contributed by atoms with van der Waals surface area (Å²) in [6.45, 7) is 0. The predicted molar refractivity (Wildman–Crippen MR) is 69.0 cm³/mol. The lowest BCUT2D eigenvalue weighted by atomic mass is 10.1. The van der Waals surface area contributed by atoms with Crippen molar-refractivity contribution in [2.24, 2.45) is 5.92 Å². The summed E-state index contributed by atoms with van der Waals surface area (Å²) in [5.74, 6) is 2.04. The van der Waals surface area contributed by atoms with Gasteiger partial charge in [-0.1, -0.05) is 12.8 Å². The number of hydrogen-bond acceptors (Lipinski definition) is 3. The Labute approximate surface area is 103 Å². The highest BCUT2D eigenvalue weighted by molar-refractivity contribution is 9.10. The molecule has 1 heterocycles. The largest absolute Gasteiger partial charge is 0.397 e. The quantitative estimate of drug-likeness (QED) is 0.861. The zero-order valence-corrected chi connectivity index (χ0v) is 11.0. The Bertz CT molecular complexity index is 337. The lowest BCUT2D eigenvalue weighted by Gasteiger charge is -2.09. The van der Waals surface area contributed by atoms with Crippen molar-refractivity contribution in [3.05, 3.63) is 16.7 Å². The first-order valence-electron chi connectivity index (χ1n) is 5.29. The molecule has 2 N–H and O–H groups in total. The number of anilines is 1. The first kappa shape index (κ1) is 11.3. The van der Waals surface area contributed by atoms with E-state index < -0.39 is 0 Å². The summed E-state index contributed by atoms with van der Waals surface area (Å²) in [6.07, 6.45) is 7.36. The number of nitrogen functional groups attached to an aromatic ring is 1. The standard InChI is InChI=1S/C11H15BrN2S/c12-9-5-10(13)11(14-6-9)15-7-8-3-1-2-4-8/h5-6,8H,1-4,7,13H2. The lowest BCUT2D eigenvalue weighted by Crippen LogP contribution is -1.99. The van der Waals surface area contributed by atoms with Gasteiger partial charge in [0.1, 0.15) is 5.03 Å². The summed E-state index contributed by atoms with van der Waals surface area (Å²) < 4.78 is 0.949. The second-order valence-electron chi connectivity index (χ2n) is 4.01. The number of hydrogen-bond donors (Lipinski definition) is 1. The molecule has 1 aromatic rings. The molecule has 0 atom stereocenters. The molecule has 4 heteroatoms. The van der Waals surface area contributed by atoms with Gasteiger partial charge in [-0.15, -0.1) is 11.8 Å². The van der Waals surface area contributed by atoms with Gasteiger partial charge in [-0.2, -0.15) is 0 Å². The van der Waals surface area contributed by atoms with Gasteiger partial charge in [0.15, 0.2) is 0 Å². The van der Waals surface area contributed by atoms with Gasteiger partial charge < -0.3 is 5.73 Å². The molecule has 1 aromatic heterocycles. The normalized spacial score (nSPS) is 17.1. The Morgan fingerprint density at radius 3 is 2.87 bits per heavy atom. The molecule has 1 aliphatic carbocycles. The topological polar surface area (TPSA) is 38.9 Å². The minimum Gasteiger partial charge on any atom is -0.397 e. The number of aromatic nitrogens is 1. The first-order chi connectivity index (χ1) is 7.25. The van der Waals surface area contributed by atoms with Gasteiger partial charge in [0, 0.05) is 16.4 Å². The Balaban J connectivity index is 1.92. The van der Waals surface area contributed by atoms with Crippen LogP contribution in [-0.2, 0) is 0 Å². The summed E-state index contributed by atoms with van der Waals surface area (Å²) in [7, 11) is 0. The van der Waals surface area contributed by atoms with E-state index in [1.165, 1.54) is 31.4 Å². The molecular weight excluding hydrogens is 272 g/mol. The number of rotatable bonds is 3. The Kier molecular flexibility index (Phi) is 3.92. The third-order valence-electron chi connectivity index (χ3n) is 2.78. The molecular formula is C11H15BrN2S. The van der Waals surface area contributed by atoms with E-state index in [2.05, 4.69) is 20.9 Å². The molecule has 0 unspecified atom stereocenters. The SMILES string of the molecule is Nc1cc(Br)cnc1SCC1CCCC1. The summed E-state index contributed by atoms with van der Waals surface area (Å²) in [5.41, 5.74) is 6.68. The van der Waals surface area contributed by atoms with Crippen LogP contribution >= 0.6 is 27.7 Å². The van der Waals surface area contributed by atoms with E-state index in [0.717, 1.165) is 21.1 Å². The second-order valence-corrected chi connectivity index (χ2v) is 5.93. The maximum atomic E-state index is 5.89. The lowest BCUT2D eigenvalue weighted by molar-refractivity contribution is 0.623. The van der Waals surface area contributed by atoms with Crippen LogP contribution in [0.15, 0.2) is 21.8 Å². The fourth-order valence-electron chi connectivity index (χ4n) is 1.94. The molecule has 1 aliphatic rings. The van der Waals surface area contributed by atoms with Crippen LogP contribution in [0.4, 0.5) is 5.69 Å². The van der Waals surface area contributed by atoms with Gasteiger partial charge in [-0.3, -0.25) is 0 Å². The molecule has 0 spiro atoms. The summed E-state index contributed by atoms with van der Waals surface area (Å²) >= 11 is 5.16. The molecule has 1 fully saturated rings. The van der Waals surface area contributed by atoms with E-state index in [1.54, 1.807) is 11.8 Å². The highest BCUT2D eigenvalue weighted by atomic mass is 79.9. The Morgan fingerprint density at radius 1 is 1.47 bits per heavy atom. The second kappa shape index (κ2) is 5.21. The molecule has 0 bridgehead atoms. The van der Waals surface area contributed by atoms with Crippen molar-refractivity contribution in [3.8, 4) is 0 Å². The molecule has 2 rings (SSSR count). The average Bonchev–Trinajstić information content (AvgIpc) is 2.69. The smallest absolute Gasteiger partial charge is 0.119 e. The minimum atomic E-state index is 0.785. The van der Waals surface area contributed by atoms with Crippen molar-refractivity contribution in [2.45, 2.75) is 30.7 Å². The van der Waals surface area contributed by atoms with Crippen molar-refractivity contribution in [1.82, 2.24) is 4.98 Å². The monoisotopic (exact) mass is 286 g/mol. The van der Waals surface area contributed by atoms with Gasteiger partial charge in [0.2, 0.25) is 0 Å². The molecule has 15 heavy (non-hydrogen) atoms.